The SMILES string of the molecule is COc1cc(C=c2sc3n(c2=O)C(c2ccccc2)C2=C(N=3)c3ccccc3CC2)cc(OC)c1O. The Balaban J connectivity index is 1.60. The number of methoxy groups -OCH3 is 2. The maximum atomic E-state index is 13.8. The number of nitrogens with zero attached hydrogens (tertiary/aromatic N) is 2. The highest BCUT2D eigenvalue weighted by atomic mass is 32.1. The first kappa shape index (κ1) is 22.4. The Hall–Kier alpha value is -4.10. The summed E-state index contributed by atoms with van der Waals surface area (Å²) in [5.41, 5.74) is 6.25. The summed E-state index contributed by atoms with van der Waals surface area (Å²) >= 11 is 1.37. The van der Waals surface area contributed by atoms with Crippen LogP contribution in [0.15, 0.2) is 82.1 Å². The Morgan fingerprint density at radius 3 is 2.42 bits per heavy atom. The number of thiazole rings is 1. The van der Waals surface area contributed by atoms with Gasteiger partial charge in [0.05, 0.1) is 30.5 Å². The lowest BCUT2D eigenvalue weighted by Gasteiger charge is -2.30. The third-order valence-corrected chi connectivity index (χ3v) is 7.77. The van der Waals surface area contributed by atoms with Gasteiger partial charge in [-0.2, -0.15) is 0 Å². The average Bonchev–Trinajstić information content (AvgIpc) is 3.22. The molecule has 0 fully saturated rings. The van der Waals surface area contributed by atoms with E-state index in [1.165, 1.54) is 36.7 Å². The molecule has 4 aromatic rings. The monoisotopic (exact) mass is 496 g/mol. The van der Waals surface area contributed by atoms with E-state index in [0.29, 0.717) is 14.9 Å². The van der Waals surface area contributed by atoms with Gasteiger partial charge in [-0.1, -0.05) is 65.9 Å². The summed E-state index contributed by atoms with van der Waals surface area (Å²) in [6.45, 7) is 0. The van der Waals surface area contributed by atoms with Gasteiger partial charge in [0.2, 0.25) is 5.75 Å². The van der Waals surface area contributed by atoms with E-state index in [1.54, 1.807) is 18.2 Å². The Morgan fingerprint density at radius 2 is 1.69 bits per heavy atom. The molecule has 3 aromatic carbocycles. The molecule has 7 heteroatoms. The van der Waals surface area contributed by atoms with Gasteiger partial charge < -0.3 is 14.6 Å². The van der Waals surface area contributed by atoms with Crippen molar-refractivity contribution in [3.05, 3.63) is 114 Å². The smallest absolute Gasteiger partial charge is 0.271 e. The fourth-order valence-corrected chi connectivity index (χ4v) is 6.11. The van der Waals surface area contributed by atoms with Crippen LogP contribution in [0.2, 0.25) is 0 Å². The molecular formula is C29H24N2O4S. The maximum absolute atomic E-state index is 13.8. The van der Waals surface area contributed by atoms with E-state index in [-0.39, 0.29) is 28.8 Å². The number of allylic oxidation sites excluding steroid dienone is 1. The number of hydrogen-bond donors (Lipinski definition) is 1. The van der Waals surface area contributed by atoms with Crippen LogP contribution < -0.4 is 24.4 Å². The molecule has 0 saturated carbocycles. The van der Waals surface area contributed by atoms with E-state index in [1.807, 2.05) is 28.8 Å². The summed E-state index contributed by atoms with van der Waals surface area (Å²) in [6, 6.07) is 21.7. The Morgan fingerprint density at radius 1 is 1.00 bits per heavy atom. The van der Waals surface area contributed by atoms with Gasteiger partial charge in [-0.15, -0.1) is 0 Å². The average molecular weight is 497 g/mol. The molecule has 1 unspecified atom stereocenters. The number of phenolic OH excluding ortho intramolecular Hbond substituents is 1. The standard InChI is InChI=1S/C29H24N2O4S/c1-34-22-14-17(15-23(35-2)27(22)32)16-24-28(33)31-26(19-9-4-3-5-10-19)21-13-12-18-8-6-7-11-20(18)25(21)30-29(31)36-24/h3-11,14-16,26,32H,12-13H2,1-2H3. The zero-order valence-corrected chi connectivity index (χ0v) is 20.7. The van der Waals surface area contributed by atoms with Crippen LogP contribution in [0, 0.1) is 0 Å². The maximum Gasteiger partial charge on any atom is 0.271 e. The minimum Gasteiger partial charge on any atom is -0.502 e. The molecule has 1 aliphatic carbocycles. The minimum absolute atomic E-state index is 0.0750. The molecule has 2 heterocycles. The zero-order valence-electron chi connectivity index (χ0n) is 19.9. The molecular weight excluding hydrogens is 472 g/mol. The van der Waals surface area contributed by atoms with Gasteiger partial charge in [0.25, 0.3) is 5.56 Å². The Labute approximate surface area is 211 Å². The highest BCUT2D eigenvalue weighted by Crippen LogP contribution is 2.41. The van der Waals surface area contributed by atoms with E-state index >= 15 is 0 Å². The van der Waals surface area contributed by atoms with Crippen molar-refractivity contribution >= 4 is 23.1 Å². The molecule has 1 atom stereocenters. The number of benzene rings is 3. The summed E-state index contributed by atoms with van der Waals surface area (Å²) in [5, 5.41) is 10.3. The van der Waals surface area contributed by atoms with Crippen LogP contribution >= 0.6 is 11.3 Å². The highest BCUT2D eigenvalue weighted by molar-refractivity contribution is 7.07. The first-order valence-electron chi connectivity index (χ1n) is 11.7. The summed E-state index contributed by atoms with van der Waals surface area (Å²) < 4.78 is 13.0. The molecule has 0 radical (unpaired) electrons. The molecule has 0 spiro atoms. The van der Waals surface area contributed by atoms with E-state index in [2.05, 4.69) is 30.3 Å². The number of ether oxygens (including phenoxy) is 2. The molecule has 0 amide bonds. The molecule has 1 aliphatic heterocycles. The fourth-order valence-electron chi connectivity index (χ4n) is 5.11. The number of aromatic hydroxyl groups is 1. The number of aromatic nitrogens is 1. The lowest BCUT2D eigenvalue weighted by Crippen LogP contribution is -2.38. The topological polar surface area (TPSA) is 73.1 Å². The van der Waals surface area contributed by atoms with Gasteiger partial charge in [-0.3, -0.25) is 9.36 Å². The van der Waals surface area contributed by atoms with Crippen LogP contribution in [-0.2, 0) is 6.42 Å². The Kier molecular flexibility index (Phi) is 5.49. The first-order chi connectivity index (χ1) is 17.6. The zero-order chi connectivity index (χ0) is 24.8. The summed E-state index contributed by atoms with van der Waals surface area (Å²) in [4.78, 5) is 19.6. The summed E-state index contributed by atoms with van der Waals surface area (Å²) in [7, 11) is 2.96. The van der Waals surface area contributed by atoms with E-state index in [9.17, 15) is 9.90 Å². The lowest BCUT2D eigenvalue weighted by molar-refractivity contribution is 0.340. The van der Waals surface area contributed by atoms with Crippen molar-refractivity contribution in [2.24, 2.45) is 4.99 Å². The molecule has 36 heavy (non-hydrogen) atoms. The number of phenols is 1. The molecule has 6 nitrogen and oxygen atoms in total. The van der Waals surface area contributed by atoms with E-state index < -0.39 is 0 Å². The third kappa shape index (κ3) is 3.55. The van der Waals surface area contributed by atoms with E-state index in [4.69, 9.17) is 14.5 Å². The van der Waals surface area contributed by atoms with Crippen LogP contribution in [0.25, 0.3) is 11.8 Å². The van der Waals surface area contributed by atoms with Crippen LogP contribution in [0.4, 0.5) is 0 Å². The second-order valence-corrected chi connectivity index (χ2v) is 9.81. The highest BCUT2D eigenvalue weighted by Gasteiger charge is 2.32. The van der Waals surface area contributed by atoms with Crippen LogP contribution in [0.3, 0.4) is 0 Å². The van der Waals surface area contributed by atoms with Gasteiger partial charge in [0.15, 0.2) is 16.3 Å². The van der Waals surface area contributed by atoms with Gasteiger partial charge in [-0.25, -0.2) is 4.99 Å². The number of fused-ring (bicyclic) bond motifs is 3. The van der Waals surface area contributed by atoms with Gasteiger partial charge in [0.1, 0.15) is 0 Å². The quantitative estimate of drug-likeness (QED) is 0.463. The van der Waals surface area contributed by atoms with Crippen molar-refractivity contribution < 1.29 is 14.6 Å². The van der Waals surface area contributed by atoms with Crippen molar-refractivity contribution in [2.75, 3.05) is 14.2 Å². The van der Waals surface area contributed by atoms with Crippen molar-refractivity contribution in [1.82, 2.24) is 4.57 Å². The van der Waals surface area contributed by atoms with Crippen molar-refractivity contribution in [2.45, 2.75) is 18.9 Å². The predicted octanol–water partition coefficient (Wildman–Crippen LogP) is 4.04. The number of hydrogen-bond acceptors (Lipinski definition) is 6. The molecule has 0 bridgehead atoms. The third-order valence-electron chi connectivity index (χ3n) is 6.79. The van der Waals surface area contributed by atoms with Gasteiger partial charge >= 0.3 is 0 Å². The second-order valence-electron chi connectivity index (χ2n) is 8.80. The molecule has 180 valence electrons. The predicted molar refractivity (Wildman–Crippen MR) is 140 cm³/mol. The largest absolute Gasteiger partial charge is 0.502 e. The second kappa shape index (κ2) is 8.84. The van der Waals surface area contributed by atoms with Gasteiger partial charge in [0, 0.05) is 5.56 Å². The number of aryl methyl sites for hydroxylation is 1. The van der Waals surface area contributed by atoms with Crippen molar-refractivity contribution in [3.63, 3.8) is 0 Å². The molecule has 1 aromatic heterocycles. The van der Waals surface area contributed by atoms with E-state index in [0.717, 1.165) is 29.7 Å². The Bertz CT molecular complexity index is 1670. The van der Waals surface area contributed by atoms with Crippen molar-refractivity contribution in [3.8, 4) is 17.2 Å². The summed E-state index contributed by atoms with van der Waals surface area (Å²) in [6.07, 6.45) is 3.57. The fraction of sp³-hybridized carbons (Fsp3) is 0.172. The summed E-state index contributed by atoms with van der Waals surface area (Å²) in [5.74, 6) is 0.485. The minimum atomic E-state index is -0.211. The first-order valence-corrected chi connectivity index (χ1v) is 12.5. The normalized spacial score (nSPS) is 16.6. The molecule has 2 aliphatic rings. The number of rotatable bonds is 4. The van der Waals surface area contributed by atoms with Crippen LogP contribution in [-0.4, -0.2) is 23.9 Å². The molecule has 1 N–H and O–H groups in total. The van der Waals surface area contributed by atoms with Crippen LogP contribution in [0.1, 0.15) is 34.7 Å². The lowest BCUT2D eigenvalue weighted by atomic mass is 9.83. The molecule has 0 saturated heterocycles. The molecule has 6 rings (SSSR count). The van der Waals surface area contributed by atoms with Crippen molar-refractivity contribution in [1.29, 1.82) is 0 Å². The van der Waals surface area contributed by atoms with Crippen LogP contribution in [0.5, 0.6) is 17.2 Å². The van der Waals surface area contributed by atoms with Gasteiger partial charge in [-0.05, 0) is 53.3 Å².